The minimum atomic E-state index is 0.0968. The first kappa shape index (κ1) is 15.9. The van der Waals surface area contributed by atoms with Crippen LogP contribution >= 0.6 is 0 Å². The lowest BCUT2D eigenvalue weighted by molar-refractivity contribution is 0.150. The van der Waals surface area contributed by atoms with Crippen molar-refractivity contribution < 1.29 is 4.79 Å². The number of anilines is 1. The van der Waals surface area contributed by atoms with Crippen LogP contribution < -0.4 is 10.2 Å². The van der Waals surface area contributed by atoms with Gasteiger partial charge >= 0.3 is 6.03 Å². The van der Waals surface area contributed by atoms with E-state index in [0.29, 0.717) is 30.0 Å². The number of hydrogen-bond acceptors (Lipinski definition) is 2. The van der Waals surface area contributed by atoms with Gasteiger partial charge in [-0.15, -0.1) is 0 Å². The van der Waals surface area contributed by atoms with Gasteiger partial charge in [-0.2, -0.15) is 0 Å². The topological polar surface area (TPSA) is 35.6 Å². The Balaban J connectivity index is 1.48. The molecule has 1 aromatic rings. The number of benzene rings is 1. The Morgan fingerprint density at radius 1 is 1.17 bits per heavy atom. The van der Waals surface area contributed by atoms with Gasteiger partial charge in [0, 0.05) is 36.3 Å². The Labute approximate surface area is 145 Å². The highest BCUT2D eigenvalue weighted by atomic mass is 16.2. The number of piperidine rings is 1. The number of amides is 2. The van der Waals surface area contributed by atoms with Crippen molar-refractivity contribution in [3.63, 3.8) is 0 Å². The van der Waals surface area contributed by atoms with Crippen LogP contribution in [0.5, 0.6) is 0 Å². The van der Waals surface area contributed by atoms with E-state index < -0.39 is 0 Å². The molecule has 2 amide bonds. The second-order valence-electron chi connectivity index (χ2n) is 8.19. The minimum absolute atomic E-state index is 0.0968. The van der Waals surface area contributed by atoms with Gasteiger partial charge in [0.1, 0.15) is 0 Å². The number of para-hydroxylation sites is 1. The third kappa shape index (κ3) is 2.61. The maximum absolute atomic E-state index is 13.0. The highest BCUT2D eigenvalue weighted by Gasteiger charge is 2.40. The van der Waals surface area contributed by atoms with E-state index in [1.54, 1.807) is 0 Å². The number of hydrogen-bond donors (Lipinski definition) is 1. The Kier molecular flexibility index (Phi) is 4.03. The first-order valence-electron chi connectivity index (χ1n) is 9.43. The molecule has 3 unspecified atom stereocenters. The Morgan fingerprint density at radius 2 is 1.83 bits per heavy atom. The van der Waals surface area contributed by atoms with Crippen molar-refractivity contribution in [1.82, 2.24) is 10.2 Å². The number of carbonyl (C=O) groups excluding carboxylic acids is 1. The molecule has 4 heteroatoms. The molecular weight excluding hydrogens is 298 g/mol. The Morgan fingerprint density at radius 3 is 2.50 bits per heavy atom. The summed E-state index contributed by atoms with van der Waals surface area (Å²) >= 11 is 0. The molecule has 4 rings (SSSR count). The van der Waals surface area contributed by atoms with Crippen molar-refractivity contribution in [2.45, 2.75) is 63.6 Å². The van der Waals surface area contributed by atoms with Crippen LogP contribution in [0.2, 0.25) is 0 Å². The van der Waals surface area contributed by atoms with Gasteiger partial charge in [0.2, 0.25) is 0 Å². The molecule has 3 atom stereocenters. The number of nitrogens with zero attached hydrogens (tertiary/aromatic N) is 2. The quantitative estimate of drug-likeness (QED) is 0.901. The number of urea groups is 1. The zero-order valence-corrected chi connectivity index (χ0v) is 15.0. The van der Waals surface area contributed by atoms with Crippen molar-refractivity contribution in [2.24, 2.45) is 5.92 Å². The third-order valence-electron chi connectivity index (χ3n) is 6.48. The average Bonchev–Trinajstić information content (AvgIpc) is 3.02. The zero-order valence-electron chi connectivity index (χ0n) is 15.0. The molecule has 0 spiro atoms. The molecular formula is C20H29N3O. The number of carbonyl (C=O) groups is 1. The van der Waals surface area contributed by atoms with Gasteiger partial charge in [0.25, 0.3) is 0 Å². The van der Waals surface area contributed by atoms with Crippen LogP contribution in [0.4, 0.5) is 10.5 Å². The summed E-state index contributed by atoms with van der Waals surface area (Å²) in [7, 11) is 2.24. The highest BCUT2D eigenvalue weighted by molar-refractivity contribution is 5.94. The molecule has 2 fully saturated rings. The summed E-state index contributed by atoms with van der Waals surface area (Å²) in [5.74, 6) is 0.990. The second-order valence-corrected chi connectivity index (χ2v) is 8.19. The number of nitrogens with one attached hydrogen (secondary N) is 1. The lowest BCUT2D eigenvalue weighted by atomic mass is 9.90. The number of rotatable bonds is 2. The number of fused-ring (bicyclic) bond motifs is 3. The predicted octanol–water partition coefficient (Wildman–Crippen LogP) is 3.58. The highest BCUT2D eigenvalue weighted by Crippen LogP contribution is 2.40. The molecule has 0 aromatic heterocycles. The lowest BCUT2D eigenvalue weighted by Crippen LogP contribution is -2.51. The monoisotopic (exact) mass is 327 g/mol. The third-order valence-corrected chi connectivity index (χ3v) is 6.48. The molecule has 24 heavy (non-hydrogen) atoms. The van der Waals surface area contributed by atoms with E-state index in [1.807, 2.05) is 11.0 Å². The molecule has 1 aromatic carbocycles. The summed E-state index contributed by atoms with van der Waals surface area (Å²) in [6.45, 7) is 5.30. The van der Waals surface area contributed by atoms with Crippen molar-refractivity contribution in [3.8, 4) is 0 Å². The first-order chi connectivity index (χ1) is 11.5. The van der Waals surface area contributed by atoms with Gasteiger partial charge in [-0.25, -0.2) is 4.79 Å². The smallest absolute Gasteiger partial charge is 0.322 e. The van der Waals surface area contributed by atoms with Crippen LogP contribution in [0.25, 0.3) is 0 Å². The summed E-state index contributed by atoms with van der Waals surface area (Å²) in [5, 5.41) is 3.34. The maximum atomic E-state index is 13.0. The normalized spacial score (nSPS) is 32.2. The molecule has 0 aliphatic carbocycles. The van der Waals surface area contributed by atoms with E-state index in [1.165, 1.54) is 18.4 Å². The van der Waals surface area contributed by atoms with Crippen LogP contribution in [-0.2, 0) is 0 Å². The fourth-order valence-corrected chi connectivity index (χ4v) is 4.98. The molecule has 2 bridgehead atoms. The fourth-order valence-electron chi connectivity index (χ4n) is 4.98. The molecule has 3 heterocycles. The van der Waals surface area contributed by atoms with E-state index in [9.17, 15) is 4.79 Å². The fraction of sp³-hybridized carbons (Fsp3) is 0.650. The van der Waals surface area contributed by atoms with Gasteiger partial charge in [-0.3, -0.25) is 4.90 Å². The maximum Gasteiger partial charge on any atom is 0.322 e. The summed E-state index contributed by atoms with van der Waals surface area (Å²) < 4.78 is 0. The van der Waals surface area contributed by atoms with Crippen molar-refractivity contribution >= 4 is 11.7 Å². The molecule has 130 valence electrons. The van der Waals surface area contributed by atoms with Gasteiger partial charge in [0.05, 0.1) is 0 Å². The van der Waals surface area contributed by atoms with Crippen LogP contribution in [0.15, 0.2) is 24.3 Å². The molecule has 4 nitrogen and oxygen atoms in total. The van der Waals surface area contributed by atoms with Crippen molar-refractivity contribution in [2.75, 3.05) is 18.5 Å². The molecule has 3 aliphatic heterocycles. The standard InChI is InChI=1S/C20H29N3O/c1-13(2)18-12-23(19-7-5-4-6-17(18)19)20(24)21-14-10-15-8-9-16(11-14)22(15)3/h4-7,13-16,18H,8-12H2,1-3H3,(H,21,24). The largest absolute Gasteiger partial charge is 0.335 e. The van der Waals surface area contributed by atoms with Crippen LogP contribution in [0, 0.1) is 5.92 Å². The SMILES string of the molecule is CC(C)C1CN(C(=O)NC2CC3CCC(C2)N3C)c2ccccc21. The zero-order chi connectivity index (χ0) is 16.8. The summed E-state index contributed by atoms with van der Waals surface area (Å²) in [4.78, 5) is 17.4. The van der Waals surface area contributed by atoms with E-state index in [4.69, 9.17) is 0 Å². The van der Waals surface area contributed by atoms with E-state index >= 15 is 0 Å². The van der Waals surface area contributed by atoms with Gasteiger partial charge < -0.3 is 10.2 Å². The first-order valence-corrected chi connectivity index (χ1v) is 9.43. The summed E-state index contributed by atoms with van der Waals surface area (Å²) in [6.07, 6.45) is 4.77. The van der Waals surface area contributed by atoms with E-state index in [0.717, 1.165) is 25.1 Å². The lowest BCUT2D eigenvalue weighted by Gasteiger charge is -2.37. The molecule has 1 N–H and O–H groups in total. The second kappa shape index (κ2) is 6.07. The van der Waals surface area contributed by atoms with Gasteiger partial charge in [-0.1, -0.05) is 32.0 Å². The van der Waals surface area contributed by atoms with Crippen molar-refractivity contribution in [3.05, 3.63) is 29.8 Å². The minimum Gasteiger partial charge on any atom is -0.335 e. The molecule has 2 saturated heterocycles. The summed E-state index contributed by atoms with van der Waals surface area (Å²) in [6, 6.07) is 10.1. The molecule has 3 aliphatic rings. The van der Waals surface area contributed by atoms with Crippen LogP contribution in [0.3, 0.4) is 0 Å². The average molecular weight is 327 g/mol. The molecule has 0 saturated carbocycles. The summed E-state index contributed by atoms with van der Waals surface area (Å²) in [5.41, 5.74) is 2.43. The van der Waals surface area contributed by atoms with Crippen LogP contribution in [-0.4, -0.2) is 42.6 Å². The van der Waals surface area contributed by atoms with E-state index in [-0.39, 0.29) is 6.03 Å². The van der Waals surface area contributed by atoms with Gasteiger partial charge in [0.15, 0.2) is 0 Å². The Hall–Kier alpha value is -1.55. The van der Waals surface area contributed by atoms with E-state index in [2.05, 4.69) is 49.3 Å². The van der Waals surface area contributed by atoms with Crippen LogP contribution in [0.1, 0.15) is 51.0 Å². The van der Waals surface area contributed by atoms with Crippen molar-refractivity contribution in [1.29, 1.82) is 0 Å². The predicted molar refractivity (Wildman–Crippen MR) is 97.5 cm³/mol. The Bertz CT molecular complexity index is 615. The molecule has 0 radical (unpaired) electrons. The van der Waals surface area contributed by atoms with Gasteiger partial charge in [-0.05, 0) is 50.3 Å².